The van der Waals surface area contributed by atoms with Gasteiger partial charge in [-0.3, -0.25) is 0 Å². The van der Waals surface area contributed by atoms with Crippen LogP contribution in [0.4, 0.5) is 0 Å². The highest BCUT2D eigenvalue weighted by Crippen LogP contribution is 2.07. The van der Waals surface area contributed by atoms with E-state index in [-0.39, 0.29) is 0 Å². The van der Waals surface area contributed by atoms with Gasteiger partial charge in [-0.1, -0.05) is 13.8 Å². The second-order valence-electron chi connectivity index (χ2n) is 3.51. The van der Waals surface area contributed by atoms with E-state index in [4.69, 9.17) is 0 Å². The van der Waals surface area contributed by atoms with Crippen LogP contribution in [0, 0.1) is 5.92 Å². The van der Waals surface area contributed by atoms with Crippen LogP contribution in [0.3, 0.4) is 0 Å². The van der Waals surface area contributed by atoms with Gasteiger partial charge in [0.25, 0.3) is 5.78 Å². The minimum Gasteiger partial charge on any atom is -0.220 e. The van der Waals surface area contributed by atoms with Crippen molar-refractivity contribution in [3.63, 3.8) is 0 Å². The maximum absolute atomic E-state index is 4.11. The molecule has 2 aromatic rings. The molecule has 2 aromatic heterocycles. The fraction of sp³-hybridized carbons (Fsp3) is 0.444. The van der Waals surface area contributed by atoms with Gasteiger partial charge in [-0.05, 0) is 18.4 Å². The summed E-state index contributed by atoms with van der Waals surface area (Å²) in [6.07, 6.45) is 4.32. The zero-order valence-corrected chi connectivity index (χ0v) is 7.81. The number of rotatable bonds is 2. The minimum absolute atomic E-state index is 0.620. The van der Waals surface area contributed by atoms with Crippen molar-refractivity contribution in [1.29, 1.82) is 0 Å². The SMILES string of the molecule is CC(C)Cc1ccnc2ncnn12. The monoisotopic (exact) mass is 176 g/mol. The Balaban J connectivity index is 2.48. The third kappa shape index (κ3) is 1.52. The van der Waals surface area contributed by atoms with Crippen LogP contribution in [0.2, 0.25) is 0 Å². The van der Waals surface area contributed by atoms with E-state index in [1.165, 1.54) is 6.33 Å². The Hall–Kier alpha value is -1.45. The molecule has 0 bridgehead atoms. The molecular weight excluding hydrogens is 164 g/mol. The predicted octanol–water partition coefficient (Wildman–Crippen LogP) is 1.32. The van der Waals surface area contributed by atoms with Gasteiger partial charge in [0.15, 0.2) is 0 Å². The van der Waals surface area contributed by atoms with E-state index >= 15 is 0 Å². The molecule has 0 saturated carbocycles. The Morgan fingerprint density at radius 2 is 2.23 bits per heavy atom. The molecule has 0 aliphatic heterocycles. The first-order valence-corrected chi connectivity index (χ1v) is 4.41. The fourth-order valence-corrected chi connectivity index (χ4v) is 1.36. The lowest BCUT2D eigenvalue weighted by Gasteiger charge is -2.05. The van der Waals surface area contributed by atoms with Crippen LogP contribution < -0.4 is 0 Å². The molecule has 0 aromatic carbocycles. The Bertz CT molecular complexity index is 405. The van der Waals surface area contributed by atoms with Gasteiger partial charge in [-0.15, -0.1) is 0 Å². The maximum Gasteiger partial charge on any atom is 0.252 e. The Morgan fingerprint density at radius 3 is 3.00 bits per heavy atom. The van der Waals surface area contributed by atoms with Gasteiger partial charge < -0.3 is 0 Å². The summed E-state index contributed by atoms with van der Waals surface area (Å²) in [5.74, 6) is 1.30. The van der Waals surface area contributed by atoms with Crippen LogP contribution in [0.15, 0.2) is 18.6 Å². The fourth-order valence-electron chi connectivity index (χ4n) is 1.36. The maximum atomic E-state index is 4.11. The average molecular weight is 176 g/mol. The van der Waals surface area contributed by atoms with Crippen molar-refractivity contribution in [2.75, 3.05) is 0 Å². The van der Waals surface area contributed by atoms with E-state index in [0.717, 1.165) is 12.1 Å². The first-order chi connectivity index (χ1) is 6.27. The van der Waals surface area contributed by atoms with Gasteiger partial charge in [0, 0.05) is 11.9 Å². The molecule has 0 spiro atoms. The molecule has 0 amide bonds. The molecule has 4 nitrogen and oxygen atoms in total. The lowest BCUT2D eigenvalue weighted by atomic mass is 10.1. The van der Waals surface area contributed by atoms with Gasteiger partial charge >= 0.3 is 0 Å². The first kappa shape index (κ1) is 8.16. The third-order valence-corrected chi connectivity index (χ3v) is 1.88. The number of nitrogens with zero attached hydrogens (tertiary/aromatic N) is 4. The van der Waals surface area contributed by atoms with Crippen molar-refractivity contribution < 1.29 is 0 Å². The Labute approximate surface area is 76.6 Å². The minimum atomic E-state index is 0.620. The molecule has 0 saturated heterocycles. The normalized spacial score (nSPS) is 11.3. The average Bonchev–Trinajstić information content (AvgIpc) is 2.51. The molecule has 0 atom stereocenters. The summed E-state index contributed by atoms with van der Waals surface area (Å²) in [7, 11) is 0. The van der Waals surface area contributed by atoms with Gasteiger partial charge in [-0.2, -0.15) is 10.1 Å². The molecule has 0 unspecified atom stereocenters. The largest absolute Gasteiger partial charge is 0.252 e. The summed E-state index contributed by atoms with van der Waals surface area (Å²) in [5.41, 5.74) is 1.16. The van der Waals surface area contributed by atoms with Gasteiger partial charge in [0.2, 0.25) is 0 Å². The van der Waals surface area contributed by atoms with Crippen LogP contribution in [-0.4, -0.2) is 19.6 Å². The molecule has 68 valence electrons. The van der Waals surface area contributed by atoms with Crippen LogP contribution in [0.5, 0.6) is 0 Å². The molecular formula is C9H12N4. The first-order valence-electron chi connectivity index (χ1n) is 4.41. The quantitative estimate of drug-likeness (QED) is 0.693. The number of hydrogen-bond donors (Lipinski definition) is 0. The summed E-state index contributed by atoms with van der Waals surface area (Å²) in [6.45, 7) is 4.37. The highest BCUT2D eigenvalue weighted by Gasteiger charge is 2.04. The number of aromatic nitrogens is 4. The van der Waals surface area contributed by atoms with Gasteiger partial charge in [0.1, 0.15) is 6.33 Å². The highest BCUT2D eigenvalue weighted by molar-refractivity contribution is 5.26. The van der Waals surface area contributed by atoms with E-state index in [0.29, 0.717) is 11.7 Å². The second-order valence-corrected chi connectivity index (χ2v) is 3.51. The molecule has 0 aliphatic rings. The third-order valence-electron chi connectivity index (χ3n) is 1.88. The Kier molecular flexibility index (Phi) is 1.96. The lowest BCUT2D eigenvalue weighted by molar-refractivity contribution is 0.619. The zero-order valence-electron chi connectivity index (χ0n) is 7.81. The smallest absolute Gasteiger partial charge is 0.220 e. The van der Waals surface area contributed by atoms with E-state index in [2.05, 4.69) is 28.9 Å². The number of hydrogen-bond acceptors (Lipinski definition) is 3. The van der Waals surface area contributed by atoms with E-state index in [9.17, 15) is 0 Å². The summed E-state index contributed by atoms with van der Waals surface area (Å²) >= 11 is 0. The van der Waals surface area contributed by atoms with Gasteiger partial charge in [-0.25, -0.2) is 9.50 Å². The van der Waals surface area contributed by atoms with Crippen molar-refractivity contribution in [3.05, 3.63) is 24.3 Å². The van der Waals surface area contributed by atoms with Crippen molar-refractivity contribution in [2.24, 2.45) is 5.92 Å². The van der Waals surface area contributed by atoms with Crippen molar-refractivity contribution in [2.45, 2.75) is 20.3 Å². The predicted molar refractivity (Wildman–Crippen MR) is 49.3 cm³/mol. The van der Waals surface area contributed by atoms with Crippen LogP contribution in [0.1, 0.15) is 19.5 Å². The number of fused-ring (bicyclic) bond motifs is 1. The van der Waals surface area contributed by atoms with Crippen LogP contribution >= 0.6 is 0 Å². The van der Waals surface area contributed by atoms with Crippen molar-refractivity contribution in [3.8, 4) is 0 Å². The summed E-state index contributed by atoms with van der Waals surface area (Å²) in [5, 5.41) is 4.11. The molecule has 2 rings (SSSR count). The molecule has 0 fully saturated rings. The Morgan fingerprint density at radius 1 is 1.38 bits per heavy atom. The molecule has 0 aliphatic carbocycles. The topological polar surface area (TPSA) is 43.1 Å². The molecule has 2 heterocycles. The molecule has 0 radical (unpaired) electrons. The van der Waals surface area contributed by atoms with Crippen LogP contribution in [0.25, 0.3) is 5.78 Å². The summed E-state index contributed by atoms with van der Waals surface area (Å²) < 4.78 is 1.79. The van der Waals surface area contributed by atoms with E-state index < -0.39 is 0 Å². The van der Waals surface area contributed by atoms with Crippen LogP contribution in [-0.2, 0) is 6.42 Å². The zero-order chi connectivity index (χ0) is 9.26. The molecule has 4 heteroatoms. The standard InChI is InChI=1S/C9H12N4/c1-7(2)5-8-3-4-10-9-11-6-12-13(8)9/h3-4,6-7H,5H2,1-2H3. The summed E-state index contributed by atoms with van der Waals surface area (Å²) in [4.78, 5) is 8.13. The van der Waals surface area contributed by atoms with E-state index in [1.54, 1.807) is 10.7 Å². The molecule has 13 heavy (non-hydrogen) atoms. The van der Waals surface area contributed by atoms with Crippen molar-refractivity contribution in [1.82, 2.24) is 19.6 Å². The highest BCUT2D eigenvalue weighted by atomic mass is 15.3. The second kappa shape index (κ2) is 3.12. The van der Waals surface area contributed by atoms with Gasteiger partial charge in [0.05, 0.1) is 0 Å². The lowest BCUT2D eigenvalue weighted by Crippen LogP contribution is -2.03. The van der Waals surface area contributed by atoms with E-state index in [1.807, 2.05) is 6.07 Å². The molecule has 0 N–H and O–H groups in total. The summed E-state index contributed by atoms with van der Waals surface area (Å²) in [6, 6.07) is 1.99. The van der Waals surface area contributed by atoms with Crippen molar-refractivity contribution >= 4 is 5.78 Å².